The van der Waals surface area contributed by atoms with E-state index in [4.69, 9.17) is 16.0 Å². The first-order valence-electron chi connectivity index (χ1n) is 8.61. The van der Waals surface area contributed by atoms with Crippen molar-refractivity contribution < 1.29 is 9.21 Å². The summed E-state index contributed by atoms with van der Waals surface area (Å²) in [6.07, 6.45) is 0. The second-order valence-corrected chi connectivity index (χ2v) is 7.48. The first-order valence-corrected chi connectivity index (χ1v) is 9.97. The zero-order chi connectivity index (χ0) is 19.5. The number of fused-ring (bicyclic) bond motifs is 1. The summed E-state index contributed by atoms with van der Waals surface area (Å²) < 4.78 is 5.76. The first-order chi connectivity index (χ1) is 13.6. The van der Waals surface area contributed by atoms with E-state index < -0.39 is 0 Å². The molecule has 0 bridgehead atoms. The molecule has 1 amide bonds. The van der Waals surface area contributed by atoms with Gasteiger partial charge in [-0.1, -0.05) is 65.8 Å². The standard InChI is InChI=1S/C21H16ClN3O2S/c1-13-17(22)10-5-11-18(13)23-19(26)12-28-21-25-24-20(27-21)16-9-4-7-14-6-2-3-8-15(14)16/h2-11H,12H2,1H3,(H,23,26). The Bertz CT molecular complexity index is 1150. The van der Waals surface area contributed by atoms with Crippen LogP contribution in [0.4, 0.5) is 5.69 Å². The molecule has 1 heterocycles. The van der Waals surface area contributed by atoms with Crippen molar-refractivity contribution in [3.63, 3.8) is 0 Å². The van der Waals surface area contributed by atoms with Crippen LogP contribution in [0.15, 0.2) is 70.3 Å². The highest BCUT2D eigenvalue weighted by Gasteiger charge is 2.14. The number of carbonyl (C=O) groups excluding carboxylic acids is 1. The lowest BCUT2D eigenvalue weighted by Gasteiger charge is -2.08. The quantitative estimate of drug-likeness (QED) is 0.435. The molecule has 7 heteroatoms. The number of halogens is 1. The van der Waals surface area contributed by atoms with Crippen molar-refractivity contribution >= 4 is 45.7 Å². The largest absolute Gasteiger partial charge is 0.411 e. The van der Waals surface area contributed by atoms with Crippen molar-refractivity contribution in [2.45, 2.75) is 12.1 Å². The van der Waals surface area contributed by atoms with Gasteiger partial charge in [0.25, 0.3) is 5.22 Å². The maximum absolute atomic E-state index is 12.2. The smallest absolute Gasteiger partial charge is 0.277 e. The number of thioether (sulfide) groups is 1. The van der Waals surface area contributed by atoms with Gasteiger partial charge in [0.1, 0.15) is 0 Å². The highest BCUT2D eigenvalue weighted by molar-refractivity contribution is 7.99. The molecule has 3 aromatic carbocycles. The van der Waals surface area contributed by atoms with Crippen molar-refractivity contribution in [2.24, 2.45) is 0 Å². The number of nitrogens with one attached hydrogen (secondary N) is 1. The van der Waals surface area contributed by atoms with Crippen LogP contribution in [0.1, 0.15) is 5.56 Å². The highest BCUT2D eigenvalue weighted by Crippen LogP contribution is 2.29. The first kappa shape index (κ1) is 18.5. The van der Waals surface area contributed by atoms with E-state index in [1.165, 1.54) is 11.8 Å². The zero-order valence-corrected chi connectivity index (χ0v) is 16.6. The van der Waals surface area contributed by atoms with Crippen LogP contribution in [-0.4, -0.2) is 21.9 Å². The summed E-state index contributed by atoms with van der Waals surface area (Å²) in [5.41, 5.74) is 2.40. The van der Waals surface area contributed by atoms with Crippen molar-refractivity contribution in [1.29, 1.82) is 0 Å². The predicted molar refractivity (Wildman–Crippen MR) is 113 cm³/mol. The summed E-state index contributed by atoms with van der Waals surface area (Å²) in [7, 11) is 0. The van der Waals surface area contributed by atoms with Crippen LogP contribution >= 0.6 is 23.4 Å². The number of hydrogen-bond acceptors (Lipinski definition) is 5. The molecule has 0 unspecified atom stereocenters. The molecule has 0 aliphatic heterocycles. The van der Waals surface area contributed by atoms with Gasteiger partial charge < -0.3 is 9.73 Å². The third kappa shape index (κ3) is 3.88. The second kappa shape index (κ2) is 8.04. The van der Waals surface area contributed by atoms with Gasteiger partial charge in [0, 0.05) is 16.3 Å². The molecular formula is C21H16ClN3O2S. The zero-order valence-electron chi connectivity index (χ0n) is 15.0. The molecular weight excluding hydrogens is 394 g/mol. The highest BCUT2D eigenvalue weighted by atomic mass is 35.5. The van der Waals surface area contributed by atoms with Crippen LogP contribution in [0, 0.1) is 6.92 Å². The van der Waals surface area contributed by atoms with E-state index in [9.17, 15) is 4.79 Å². The Labute approximate surface area is 171 Å². The topological polar surface area (TPSA) is 68.0 Å². The van der Waals surface area contributed by atoms with E-state index in [0.717, 1.165) is 21.9 Å². The van der Waals surface area contributed by atoms with Crippen LogP contribution in [-0.2, 0) is 4.79 Å². The molecule has 140 valence electrons. The van der Waals surface area contributed by atoms with Gasteiger partial charge in [-0.3, -0.25) is 4.79 Å². The summed E-state index contributed by atoms with van der Waals surface area (Å²) in [5.74, 6) is 0.425. The van der Waals surface area contributed by atoms with E-state index in [1.807, 2.05) is 55.5 Å². The maximum atomic E-state index is 12.2. The van der Waals surface area contributed by atoms with Crippen molar-refractivity contribution in [3.05, 3.63) is 71.2 Å². The molecule has 0 saturated heterocycles. The van der Waals surface area contributed by atoms with Gasteiger partial charge in [-0.25, -0.2) is 0 Å². The fourth-order valence-corrected chi connectivity index (χ4v) is 3.58. The Balaban J connectivity index is 1.45. The van der Waals surface area contributed by atoms with Crippen LogP contribution in [0.3, 0.4) is 0 Å². The number of amides is 1. The average molecular weight is 410 g/mol. The average Bonchev–Trinajstić information content (AvgIpc) is 3.18. The number of carbonyl (C=O) groups is 1. The summed E-state index contributed by atoms with van der Waals surface area (Å²) in [6.45, 7) is 1.86. The van der Waals surface area contributed by atoms with Gasteiger partial charge in [-0.15, -0.1) is 10.2 Å². The predicted octanol–water partition coefficient (Wildman–Crippen LogP) is 5.58. The summed E-state index contributed by atoms with van der Waals surface area (Å²) >= 11 is 7.28. The lowest BCUT2D eigenvalue weighted by atomic mass is 10.0. The number of nitrogens with zero attached hydrogens (tertiary/aromatic N) is 2. The Morgan fingerprint density at radius 3 is 2.75 bits per heavy atom. The maximum Gasteiger partial charge on any atom is 0.277 e. The van der Waals surface area contributed by atoms with Gasteiger partial charge in [0.05, 0.1) is 5.75 Å². The van der Waals surface area contributed by atoms with Crippen molar-refractivity contribution in [2.75, 3.05) is 11.1 Å². The Hall–Kier alpha value is -2.83. The molecule has 1 N–H and O–H groups in total. The van der Waals surface area contributed by atoms with Crippen LogP contribution < -0.4 is 5.32 Å². The van der Waals surface area contributed by atoms with Crippen LogP contribution in [0.5, 0.6) is 0 Å². The molecule has 28 heavy (non-hydrogen) atoms. The molecule has 0 radical (unpaired) electrons. The Kier molecular flexibility index (Phi) is 5.32. The summed E-state index contributed by atoms with van der Waals surface area (Å²) in [4.78, 5) is 12.2. The van der Waals surface area contributed by atoms with Crippen molar-refractivity contribution in [3.8, 4) is 11.5 Å². The number of hydrogen-bond donors (Lipinski definition) is 1. The monoisotopic (exact) mass is 409 g/mol. The molecule has 0 aliphatic carbocycles. The molecule has 0 fully saturated rings. The lowest BCUT2D eigenvalue weighted by molar-refractivity contribution is -0.113. The molecule has 4 rings (SSSR count). The number of benzene rings is 3. The molecule has 5 nitrogen and oxygen atoms in total. The molecule has 4 aromatic rings. The minimum atomic E-state index is -0.166. The minimum absolute atomic E-state index is 0.156. The third-order valence-corrected chi connectivity index (χ3v) is 5.52. The molecule has 0 saturated carbocycles. The minimum Gasteiger partial charge on any atom is -0.411 e. The van der Waals surface area contributed by atoms with E-state index in [1.54, 1.807) is 12.1 Å². The third-order valence-electron chi connectivity index (χ3n) is 4.30. The molecule has 0 spiro atoms. The normalized spacial score (nSPS) is 10.9. The Morgan fingerprint density at radius 2 is 1.86 bits per heavy atom. The fourth-order valence-electron chi connectivity index (χ4n) is 2.85. The summed E-state index contributed by atoms with van der Waals surface area (Å²) in [5, 5.41) is 14.1. The van der Waals surface area contributed by atoms with Gasteiger partial charge in [0.2, 0.25) is 11.8 Å². The van der Waals surface area contributed by atoms with Crippen molar-refractivity contribution in [1.82, 2.24) is 10.2 Å². The summed E-state index contributed by atoms with van der Waals surface area (Å²) in [6, 6.07) is 19.3. The SMILES string of the molecule is Cc1c(Cl)cccc1NC(=O)CSc1nnc(-c2cccc3ccccc23)o1. The number of anilines is 1. The van der Waals surface area contributed by atoms with E-state index in [2.05, 4.69) is 15.5 Å². The van der Waals surface area contributed by atoms with Gasteiger partial charge in [0.15, 0.2) is 0 Å². The van der Waals surface area contributed by atoms with E-state index in [0.29, 0.717) is 21.8 Å². The number of rotatable bonds is 5. The van der Waals surface area contributed by atoms with E-state index >= 15 is 0 Å². The van der Waals surface area contributed by atoms with Crippen LogP contribution in [0.25, 0.3) is 22.2 Å². The number of aromatic nitrogens is 2. The molecule has 0 aliphatic rings. The Morgan fingerprint density at radius 1 is 1.07 bits per heavy atom. The molecule has 0 atom stereocenters. The van der Waals surface area contributed by atoms with Gasteiger partial charge in [-0.05, 0) is 41.5 Å². The lowest BCUT2D eigenvalue weighted by Crippen LogP contribution is -2.14. The molecule has 1 aromatic heterocycles. The van der Waals surface area contributed by atoms with Gasteiger partial charge >= 0.3 is 0 Å². The fraction of sp³-hybridized carbons (Fsp3) is 0.0952. The van der Waals surface area contributed by atoms with Crippen LogP contribution in [0.2, 0.25) is 5.02 Å². The van der Waals surface area contributed by atoms with E-state index in [-0.39, 0.29) is 11.7 Å². The second-order valence-electron chi connectivity index (χ2n) is 6.15. The van der Waals surface area contributed by atoms with Gasteiger partial charge in [-0.2, -0.15) is 0 Å².